The molecule has 0 radical (unpaired) electrons. The monoisotopic (exact) mass is 476 g/mol. The van der Waals surface area contributed by atoms with Gasteiger partial charge in [0.2, 0.25) is 5.88 Å². The van der Waals surface area contributed by atoms with Crippen molar-refractivity contribution in [3.05, 3.63) is 83.0 Å². The van der Waals surface area contributed by atoms with E-state index in [-0.39, 0.29) is 51.8 Å². The van der Waals surface area contributed by atoms with Gasteiger partial charge in [0.25, 0.3) is 5.91 Å². The predicted molar refractivity (Wildman–Crippen MR) is 131 cm³/mol. The van der Waals surface area contributed by atoms with E-state index in [2.05, 4.69) is 10.3 Å². The number of esters is 1. The average molecular weight is 477 g/mol. The predicted octanol–water partition coefficient (Wildman–Crippen LogP) is 4.59. The van der Waals surface area contributed by atoms with Crippen molar-refractivity contribution in [3.8, 4) is 17.0 Å². The van der Waals surface area contributed by atoms with E-state index in [1.54, 1.807) is 0 Å². The number of nitrogens with one attached hydrogen (secondary N) is 1. The molecular formula is C27H28N2O6. The van der Waals surface area contributed by atoms with Crippen molar-refractivity contribution in [1.82, 2.24) is 10.3 Å². The number of ether oxygens (including phenoxy) is 2. The normalized spacial score (nSPS) is 11.0. The highest BCUT2D eigenvalue weighted by Crippen LogP contribution is 2.30. The van der Waals surface area contributed by atoms with Crippen LogP contribution in [-0.2, 0) is 11.3 Å². The lowest BCUT2D eigenvalue weighted by Gasteiger charge is -2.19. The zero-order valence-corrected chi connectivity index (χ0v) is 20.1. The Labute approximate surface area is 203 Å². The summed E-state index contributed by atoms with van der Waals surface area (Å²) in [6.07, 6.45) is 0. The standard InChI is InChI=1S/C27H28N2O6/c1-27(2,3)16-28-24(30)18-10-11-19(20-12-13-22(34-4)29-23(20)25(31)32)21(14-18)26(33)35-15-17-8-6-5-7-9-17/h5-14H,15-16H2,1-4H3,(H,28,30)(H,31,32). The first-order valence-corrected chi connectivity index (χ1v) is 11.0. The van der Waals surface area contributed by atoms with E-state index in [9.17, 15) is 19.5 Å². The second-order valence-corrected chi connectivity index (χ2v) is 9.12. The van der Waals surface area contributed by atoms with Gasteiger partial charge in [0.05, 0.1) is 12.7 Å². The number of benzene rings is 2. The van der Waals surface area contributed by atoms with Crippen LogP contribution in [0.3, 0.4) is 0 Å². The Bertz CT molecular complexity index is 1230. The van der Waals surface area contributed by atoms with E-state index in [4.69, 9.17) is 9.47 Å². The molecule has 0 spiro atoms. The number of aromatic carboxylic acids is 1. The lowest BCUT2D eigenvalue weighted by molar-refractivity contribution is 0.0473. The number of aromatic nitrogens is 1. The molecule has 0 saturated heterocycles. The van der Waals surface area contributed by atoms with Crippen LogP contribution in [0.2, 0.25) is 0 Å². The number of methoxy groups -OCH3 is 1. The third-order valence-corrected chi connectivity index (χ3v) is 5.07. The van der Waals surface area contributed by atoms with Crippen molar-refractivity contribution in [1.29, 1.82) is 0 Å². The molecule has 0 bridgehead atoms. The summed E-state index contributed by atoms with van der Waals surface area (Å²) in [7, 11) is 1.38. The highest BCUT2D eigenvalue weighted by Gasteiger charge is 2.23. The maximum Gasteiger partial charge on any atom is 0.355 e. The zero-order chi connectivity index (χ0) is 25.6. The summed E-state index contributed by atoms with van der Waals surface area (Å²) in [6, 6.07) is 16.7. The molecule has 0 aliphatic carbocycles. The van der Waals surface area contributed by atoms with E-state index in [1.165, 1.54) is 37.4 Å². The Morgan fingerprint density at radius 2 is 1.66 bits per heavy atom. The van der Waals surface area contributed by atoms with Gasteiger partial charge in [-0.15, -0.1) is 0 Å². The van der Waals surface area contributed by atoms with Crippen molar-refractivity contribution in [2.45, 2.75) is 27.4 Å². The molecule has 2 aromatic carbocycles. The van der Waals surface area contributed by atoms with Gasteiger partial charge in [0.1, 0.15) is 6.61 Å². The van der Waals surface area contributed by atoms with E-state index >= 15 is 0 Å². The summed E-state index contributed by atoms with van der Waals surface area (Å²) in [5, 5.41) is 12.6. The smallest absolute Gasteiger partial charge is 0.355 e. The van der Waals surface area contributed by atoms with E-state index in [0.717, 1.165) is 5.56 Å². The minimum atomic E-state index is -1.28. The molecule has 1 aromatic heterocycles. The number of amides is 1. The summed E-state index contributed by atoms with van der Waals surface area (Å²) >= 11 is 0. The van der Waals surface area contributed by atoms with Crippen molar-refractivity contribution in [2.24, 2.45) is 5.41 Å². The number of nitrogens with zero attached hydrogens (tertiary/aromatic N) is 1. The number of hydrogen-bond acceptors (Lipinski definition) is 6. The van der Waals surface area contributed by atoms with Crippen LogP contribution in [0.1, 0.15) is 57.5 Å². The van der Waals surface area contributed by atoms with Crippen molar-refractivity contribution >= 4 is 17.8 Å². The van der Waals surface area contributed by atoms with E-state index in [0.29, 0.717) is 6.54 Å². The Morgan fingerprint density at radius 3 is 2.29 bits per heavy atom. The first kappa shape index (κ1) is 25.4. The summed E-state index contributed by atoms with van der Waals surface area (Å²) in [5.41, 5.74) is 1.17. The van der Waals surface area contributed by atoms with E-state index in [1.807, 2.05) is 51.1 Å². The van der Waals surface area contributed by atoms with Gasteiger partial charge in [0.15, 0.2) is 5.69 Å². The minimum absolute atomic E-state index is 0.0201. The topological polar surface area (TPSA) is 115 Å². The molecule has 3 rings (SSSR count). The highest BCUT2D eigenvalue weighted by atomic mass is 16.5. The molecule has 1 amide bonds. The number of rotatable bonds is 8. The van der Waals surface area contributed by atoms with Crippen LogP contribution in [0.15, 0.2) is 60.7 Å². The minimum Gasteiger partial charge on any atom is -0.481 e. The molecule has 0 fully saturated rings. The lowest BCUT2D eigenvalue weighted by atomic mass is 9.95. The maximum absolute atomic E-state index is 13.2. The molecular weight excluding hydrogens is 448 g/mol. The third kappa shape index (κ3) is 6.66. The molecule has 2 N–H and O–H groups in total. The summed E-state index contributed by atoms with van der Waals surface area (Å²) in [5.74, 6) is -2.21. The van der Waals surface area contributed by atoms with E-state index < -0.39 is 11.9 Å². The first-order chi connectivity index (χ1) is 16.6. The molecule has 8 heteroatoms. The number of carbonyl (C=O) groups excluding carboxylic acids is 2. The lowest BCUT2D eigenvalue weighted by Crippen LogP contribution is -2.32. The molecule has 1 heterocycles. The molecule has 182 valence electrons. The van der Waals surface area contributed by atoms with Gasteiger partial charge in [0, 0.05) is 23.7 Å². The maximum atomic E-state index is 13.2. The Kier molecular flexibility index (Phi) is 7.86. The fourth-order valence-corrected chi connectivity index (χ4v) is 3.27. The van der Waals surface area contributed by atoms with Gasteiger partial charge in [-0.2, -0.15) is 0 Å². The quantitative estimate of drug-likeness (QED) is 0.457. The Hall–Kier alpha value is -4.20. The first-order valence-electron chi connectivity index (χ1n) is 11.0. The van der Waals surface area contributed by atoms with Crippen molar-refractivity contribution < 1.29 is 29.0 Å². The number of carboxylic acid groups (broad SMARTS) is 1. The van der Waals surface area contributed by atoms with Crippen molar-refractivity contribution in [3.63, 3.8) is 0 Å². The SMILES string of the molecule is COc1ccc(-c2ccc(C(=O)NCC(C)(C)C)cc2C(=O)OCc2ccccc2)c(C(=O)O)n1. The van der Waals surface area contributed by atoms with Crippen LogP contribution in [-0.4, -0.2) is 41.6 Å². The molecule has 0 unspecified atom stereocenters. The second kappa shape index (κ2) is 10.8. The third-order valence-electron chi connectivity index (χ3n) is 5.07. The number of carbonyl (C=O) groups is 3. The van der Waals surface area contributed by atoms with Gasteiger partial charge >= 0.3 is 11.9 Å². The molecule has 35 heavy (non-hydrogen) atoms. The van der Waals surface area contributed by atoms with Crippen molar-refractivity contribution in [2.75, 3.05) is 13.7 Å². The Balaban J connectivity index is 2.03. The molecule has 0 aliphatic heterocycles. The van der Waals surface area contributed by atoms with Crippen LogP contribution in [0.5, 0.6) is 5.88 Å². The van der Waals surface area contributed by atoms with Crippen LogP contribution in [0.25, 0.3) is 11.1 Å². The number of pyridine rings is 1. The molecule has 3 aromatic rings. The largest absolute Gasteiger partial charge is 0.481 e. The van der Waals surface area contributed by atoms with Crippen LogP contribution < -0.4 is 10.1 Å². The molecule has 8 nitrogen and oxygen atoms in total. The highest BCUT2D eigenvalue weighted by molar-refractivity contribution is 6.04. The Morgan fingerprint density at radius 1 is 0.971 bits per heavy atom. The number of carboxylic acids is 1. The fourth-order valence-electron chi connectivity index (χ4n) is 3.27. The zero-order valence-electron chi connectivity index (χ0n) is 20.1. The van der Waals surface area contributed by atoms with Gasteiger partial charge < -0.3 is 19.9 Å². The van der Waals surface area contributed by atoms with Gasteiger partial charge in [-0.25, -0.2) is 14.6 Å². The van der Waals surface area contributed by atoms with Gasteiger partial charge in [-0.1, -0.05) is 57.2 Å². The molecule has 0 aliphatic rings. The van der Waals surface area contributed by atoms with Gasteiger partial charge in [-0.3, -0.25) is 4.79 Å². The molecule has 0 saturated carbocycles. The second-order valence-electron chi connectivity index (χ2n) is 9.12. The average Bonchev–Trinajstić information content (AvgIpc) is 2.85. The summed E-state index contributed by atoms with van der Waals surface area (Å²) < 4.78 is 10.6. The van der Waals surface area contributed by atoms with Gasteiger partial charge in [-0.05, 0) is 34.7 Å². The van der Waals surface area contributed by atoms with Crippen LogP contribution >= 0.6 is 0 Å². The van der Waals surface area contributed by atoms with Crippen LogP contribution in [0.4, 0.5) is 0 Å². The molecule has 0 atom stereocenters. The summed E-state index contributed by atoms with van der Waals surface area (Å²) in [4.78, 5) is 41.9. The van der Waals surface area contributed by atoms with Crippen LogP contribution in [0, 0.1) is 5.41 Å². The fraction of sp³-hybridized carbons (Fsp3) is 0.259. The summed E-state index contributed by atoms with van der Waals surface area (Å²) in [6.45, 7) is 6.44. The number of hydrogen-bond donors (Lipinski definition) is 2.